The minimum absolute atomic E-state index is 0. The number of thiazole rings is 1. The highest BCUT2D eigenvalue weighted by Crippen LogP contribution is 2.36. The van der Waals surface area contributed by atoms with Crippen LogP contribution >= 0.6 is 28.3 Å². The average molecular weight is 315 g/mol. The molecule has 1 aliphatic rings. The van der Waals surface area contributed by atoms with Crippen molar-refractivity contribution in [3.05, 3.63) is 29.6 Å². The van der Waals surface area contributed by atoms with E-state index in [-0.39, 0.29) is 23.8 Å². The van der Waals surface area contributed by atoms with Crippen LogP contribution in [0.2, 0.25) is 0 Å². The largest absolute Gasteiger partial charge is 0.454 e. The van der Waals surface area contributed by atoms with E-state index in [1.807, 2.05) is 16.7 Å². The van der Waals surface area contributed by atoms with Gasteiger partial charge in [-0.2, -0.15) is 0 Å². The molecular weight excluding hydrogens is 304 g/mol. The van der Waals surface area contributed by atoms with Crippen LogP contribution in [0.15, 0.2) is 24.8 Å². The molecule has 2 heterocycles. The molecule has 0 aliphatic carbocycles. The van der Waals surface area contributed by atoms with Crippen LogP contribution in [0.25, 0.3) is 10.2 Å². The molecule has 1 aromatic heterocycles. The van der Waals surface area contributed by atoms with E-state index in [4.69, 9.17) is 14.9 Å². The van der Waals surface area contributed by atoms with Crippen molar-refractivity contribution >= 4 is 38.5 Å². The van der Waals surface area contributed by atoms with Crippen LogP contribution in [0.4, 0.5) is 0 Å². The Hall–Kier alpha value is -1.27. The maximum Gasteiger partial charge on any atom is 0.231 e. The number of aromatic nitrogens is 1. The van der Waals surface area contributed by atoms with Gasteiger partial charge in [-0.1, -0.05) is 17.4 Å². The first-order valence-electron chi connectivity index (χ1n) is 4.88. The Morgan fingerprint density at radius 2 is 2.12 bits per heavy atom. The zero-order valence-corrected chi connectivity index (χ0v) is 11.5. The van der Waals surface area contributed by atoms with Crippen molar-refractivity contribution in [2.75, 3.05) is 6.79 Å². The van der Waals surface area contributed by atoms with Crippen LogP contribution < -0.4 is 14.3 Å². The second-order valence-electron chi connectivity index (χ2n) is 3.48. The normalized spacial score (nSPS) is 12.5. The molecule has 90 valence electrons. The first-order valence-corrected chi connectivity index (χ1v) is 5.69. The first kappa shape index (κ1) is 12.2. The van der Waals surface area contributed by atoms with Gasteiger partial charge in [0.2, 0.25) is 6.79 Å². The number of fused-ring (bicyclic) bond motifs is 2. The molecule has 0 unspecified atom stereocenters. The van der Waals surface area contributed by atoms with E-state index in [1.165, 1.54) is 11.3 Å². The highest BCUT2D eigenvalue weighted by Gasteiger charge is 2.16. The molecule has 0 amide bonds. The summed E-state index contributed by atoms with van der Waals surface area (Å²) in [5, 5.41) is 7.87. The molecule has 1 N–H and O–H groups in total. The third kappa shape index (κ3) is 1.87. The van der Waals surface area contributed by atoms with Gasteiger partial charge in [0.05, 0.1) is 10.2 Å². The van der Waals surface area contributed by atoms with Crippen molar-refractivity contribution in [2.24, 2.45) is 0 Å². The summed E-state index contributed by atoms with van der Waals surface area (Å²) in [6.45, 7) is 4.62. The SMILES string of the molecule is Br.C=CCn1c(=N)sc2cc3c(cc21)OCO3. The monoisotopic (exact) mass is 314 g/mol. The van der Waals surface area contributed by atoms with Gasteiger partial charge in [0.1, 0.15) is 0 Å². The number of hydrogen-bond donors (Lipinski definition) is 1. The summed E-state index contributed by atoms with van der Waals surface area (Å²) in [5.41, 5.74) is 0.999. The minimum atomic E-state index is 0. The highest BCUT2D eigenvalue weighted by molar-refractivity contribution is 8.93. The van der Waals surface area contributed by atoms with E-state index in [1.54, 1.807) is 6.08 Å². The molecule has 0 saturated carbocycles. The Kier molecular flexibility index (Phi) is 3.26. The quantitative estimate of drug-likeness (QED) is 0.866. The fourth-order valence-electron chi connectivity index (χ4n) is 1.78. The van der Waals surface area contributed by atoms with Crippen LogP contribution in [0.5, 0.6) is 11.5 Å². The second-order valence-corrected chi connectivity index (χ2v) is 4.51. The molecule has 0 fully saturated rings. The van der Waals surface area contributed by atoms with Crippen LogP contribution in [0.1, 0.15) is 0 Å². The van der Waals surface area contributed by atoms with Crippen LogP contribution in [0, 0.1) is 5.41 Å². The molecule has 17 heavy (non-hydrogen) atoms. The van der Waals surface area contributed by atoms with Gasteiger partial charge in [-0.3, -0.25) is 5.41 Å². The van der Waals surface area contributed by atoms with Crippen molar-refractivity contribution in [2.45, 2.75) is 6.54 Å². The predicted octanol–water partition coefficient (Wildman–Crippen LogP) is 2.67. The Balaban J connectivity index is 0.00000108. The van der Waals surface area contributed by atoms with Crippen molar-refractivity contribution in [3.63, 3.8) is 0 Å². The number of halogens is 1. The molecule has 1 aromatic carbocycles. The minimum Gasteiger partial charge on any atom is -0.454 e. The maximum atomic E-state index is 7.87. The van der Waals surface area contributed by atoms with E-state index in [2.05, 4.69) is 6.58 Å². The second kappa shape index (κ2) is 4.54. The molecule has 2 aromatic rings. The van der Waals surface area contributed by atoms with Crippen molar-refractivity contribution in [1.29, 1.82) is 5.41 Å². The van der Waals surface area contributed by atoms with Gasteiger partial charge in [0.25, 0.3) is 0 Å². The van der Waals surface area contributed by atoms with Crippen molar-refractivity contribution < 1.29 is 9.47 Å². The number of benzene rings is 1. The van der Waals surface area contributed by atoms with Gasteiger partial charge in [-0.15, -0.1) is 23.6 Å². The van der Waals surface area contributed by atoms with E-state index < -0.39 is 0 Å². The summed E-state index contributed by atoms with van der Waals surface area (Å²) >= 11 is 1.43. The van der Waals surface area contributed by atoms with Crippen molar-refractivity contribution in [1.82, 2.24) is 4.57 Å². The van der Waals surface area contributed by atoms with E-state index in [0.717, 1.165) is 21.7 Å². The molecule has 3 rings (SSSR count). The Bertz CT molecular complexity index is 632. The Morgan fingerprint density at radius 3 is 2.82 bits per heavy atom. The third-order valence-electron chi connectivity index (χ3n) is 2.51. The summed E-state index contributed by atoms with van der Waals surface area (Å²) < 4.78 is 13.6. The molecular formula is C11H11BrN2O2S. The fraction of sp³-hybridized carbons (Fsp3) is 0.182. The lowest BCUT2D eigenvalue weighted by molar-refractivity contribution is 0.174. The Labute approximate surface area is 112 Å². The van der Waals surface area contributed by atoms with Crippen molar-refractivity contribution in [3.8, 4) is 11.5 Å². The molecule has 0 atom stereocenters. The van der Waals surface area contributed by atoms with Crippen LogP contribution in [0.3, 0.4) is 0 Å². The van der Waals surface area contributed by atoms with Gasteiger partial charge < -0.3 is 14.0 Å². The van der Waals surface area contributed by atoms with Crippen LogP contribution in [-0.4, -0.2) is 11.4 Å². The van der Waals surface area contributed by atoms with Gasteiger partial charge in [-0.05, 0) is 0 Å². The summed E-state index contributed by atoms with van der Waals surface area (Å²) in [4.78, 5) is 0.513. The lowest BCUT2D eigenvalue weighted by Crippen LogP contribution is -2.11. The fourth-order valence-corrected chi connectivity index (χ4v) is 2.72. The lowest BCUT2D eigenvalue weighted by Gasteiger charge is -2.01. The number of ether oxygens (including phenoxy) is 2. The molecule has 4 nitrogen and oxygen atoms in total. The average Bonchev–Trinajstić information content (AvgIpc) is 2.81. The lowest BCUT2D eigenvalue weighted by atomic mass is 10.3. The predicted molar refractivity (Wildman–Crippen MR) is 72.3 cm³/mol. The molecule has 6 heteroatoms. The summed E-state index contributed by atoms with van der Waals surface area (Å²) in [5.74, 6) is 1.52. The number of nitrogens with zero attached hydrogens (tertiary/aromatic N) is 1. The molecule has 0 bridgehead atoms. The summed E-state index contributed by atoms with van der Waals surface area (Å²) in [6, 6.07) is 3.86. The van der Waals surface area contributed by atoms with Gasteiger partial charge in [0.15, 0.2) is 16.3 Å². The third-order valence-corrected chi connectivity index (χ3v) is 3.47. The van der Waals surface area contributed by atoms with E-state index >= 15 is 0 Å². The molecule has 1 aliphatic heterocycles. The number of hydrogen-bond acceptors (Lipinski definition) is 4. The zero-order chi connectivity index (χ0) is 11.1. The zero-order valence-electron chi connectivity index (χ0n) is 8.93. The Morgan fingerprint density at radius 1 is 1.41 bits per heavy atom. The number of allylic oxidation sites excluding steroid dienone is 1. The number of nitrogens with one attached hydrogen (secondary N) is 1. The number of rotatable bonds is 2. The van der Waals surface area contributed by atoms with Gasteiger partial charge in [-0.25, -0.2) is 0 Å². The summed E-state index contributed by atoms with van der Waals surface area (Å²) in [6.07, 6.45) is 1.79. The van der Waals surface area contributed by atoms with E-state index in [9.17, 15) is 0 Å². The van der Waals surface area contributed by atoms with Gasteiger partial charge in [0, 0.05) is 18.7 Å². The van der Waals surface area contributed by atoms with E-state index in [0.29, 0.717) is 11.3 Å². The standard InChI is InChI=1S/C11H10N2O2S.BrH/c1-2-3-13-7-4-8-9(15-6-14-8)5-10(7)16-11(13)12;/h2,4-5,12H,1,3,6H2;1H. The first-order chi connectivity index (χ1) is 7.79. The summed E-state index contributed by atoms with van der Waals surface area (Å²) in [7, 11) is 0. The van der Waals surface area contributed by atoms with Crippen LogP contribution in [-0.2, 0) is 6.54 Å². The molecule has 0 saturated heterocycles. The topological polar surface area (TPSA) is 47.2 Å². The highest BCUT2D eigenvalue weighted by atomic mass is 79.9. The molecule has 0 radical (unpaired) electrons. The smallest absolute Gasteiger partial charge is 0.231 e. The maximum absolute atomic E-state index is 7.87. The molecule has 0 spiro atoms. The van der Waals surface area contributed by atoms with Gasteiger partial charge >= 0.3 is 0 Å².